The van der Waals surface area contributed by atoms with Gasteiger partial charge in [0, 0.05) is 11.1 Å². The van der Waals surface area contributed by atoms with E-state index in [9.17, 15) is 4.79 Å². The summed E-state index contributed by atoms with van der Waals surface area (Å²) in [6, 6.07) is 0. The van der Waals surface area contributed by atoms with Crippen LogP contribution in [0, 0.1) is 11.3 Å². The van der Waals surface area contributed by atoms with Crippen molar-refractivity contribution < 1.29 is 4.79 Å². The van der Waals surface area contributed by atoms with E-state index in [0.29, 0.717) is 22.5 Å². The third-order valence-electron chi connectivity index (χ3n) is 4.39. The molecule has 0 aromatic heterocycles. The third-order valence-corrected chi connectivity index (χ3v) is 8.37. The number of carbonyl (C=O) groups excluding carboxylic acids is 1. The lowest BCUT2D eigenvalue weighted by Gasteiger charge is -2.25. The van der Waals surface area contributed by atoms with Crippen LogP contribution in [0.1, 0.15) is 41.5 Å². The Balaban J connectivity index is 2.90. The highest BCUT2D eigenvalue weighted by molar-refractivity contribution is 7.68. The van der Waals surface area contributed by atoms with Gasteiger partial charge in [-0.2, -0.15) is 0 Å². The predicted octanol–water partition coefficient (Wildman–Crippen LogP) is 3.51. The van der Waals surface area contributed by atoms with Gasteiger partial charge in [-0.25, -0.2) is 0 Å². The van der Waals surface area contributed by atoms with Gasteiger partial charge in [0.25, 0.3) is 0 Å². The van der Waals surface area contributed by atoms with Crippen molar-refractivity contribution in [2.75, 3.05) is 6.66 Å². The Morgan fingerprint density at radius 2 is 1.86 bits per heavy atom. The molecule has 0 saturated carbocycles. The van der Waals surface area contributed by atoms with E-state index in [-0.39, 0.29) is 13.3 Å². The monoisotopic (exact) mass is 214 g/mol. The molecule has 1 saturated heterocycles. The van der Waals surface area contributed by atoms with Crippen molar-refractivity contribution in [3.63, 3.8) is 0 Å². The fraction of sp³-hybridized carbons (Fsp3) is 0.917. The molecule has 1 rings (SSSR count). The molecule has 0 aliphatic carbocycles. The Hall–Kier alpha value is 0.100. The minimum Gasteiger partial charge on any atom is -0.299 e. The van der Waals surface area contributed by atoms with Crippen molar-refractivity contribution >= 4 is 13.7 Å². The number of rotatable bonds is 3. The normalized spacial score (nSPS) is 37.4. The molecule has 0 N–H and O–H groups in total. The average Bonchev–Trinajstić information content (AvgIpc) is 2.56. The summed E-state index contributed by atoms with van der Waals surface area (Å²) in [6.45, 7) is 15.3. The molecule has 0 aromatic rings. The molecule has 0 amide bonds. The van der Waals surface area contributed by atoms with Gasteiger partial charge in [0.1, 0.15) is 5.78 Å². The first-order chi connectivity index (χ1) is 6.16. The highest BCUT2D eigenvalue weighted by Crippen LogP contribution is 2.80. The van der Waals surface area contributed by atoms with Crippen LogP contribution in [0.5, 0.6) is 0 Å². The van der Waals surface area contributed by atoms with Gasteiger partial charge in [-0.3, -0.25) is 4.79 Å². The number of hydrogen-bond donors (Lipinski definition) is 0. The molecule has 0 aromatic carbocycles. The van der Waals surface area contributed by atoms with Crippen molar-refractivity contribution in [1.29, 1.82) is 0 Å². The molecule has 2 heteroatoms. The lowest BCUT2D eigenvalue weighted by molar-refractivity contribution is -0.124. The zero-order valence-corrected chi connectivity index (χ0v) is 11.4. The van der Waals surface area contributed by atoms with E-state index in [1.165, 1.54) is 0 Å². The minimum atomic E-state index is -0.112. The Morgan fingerprint density at radius 1 is 1.43 bits per heavy atom. The van der Waals surface area contributed by atoms with E-state index in [0.717, 1.165) is 0 Å². The Labute approximate surface area is 89.4 Å². The van der Waals surface area contributed by atoms with Gasteiger partial charge >= 0.3 is 0 Å². The molecule has 0 bridgehead atoms. The van der Waals surface area contributed by atoms with Gasteiger partial charge in [-0.05, 0) is 24.7 Å². The summed E-state index contributed by atoms with van der Waals surface area (Å²) in [7, 11) is 0.0400. The second-order valence-electron chi connectivity index (χ2n) is 5.67. The van der Waals surface area contributed by atoms with Crippen LogP contribution >= 0.6 is 7.92 Å². The summed E-state index contributed by atoms with van der Waals surface area (Å²) in [6.07, 6.45) is 0. The highest BCUT2D eigenvalue weighted by atomic mass is 31.1. The minimum absolute atomic E-state index is 0.0400. The maximum Gasteiger partial charge on any atom is 0.136 e. The molecule has 82 valence electrons. The van der Waals surface area contributed by atoms with Crippen LogP contribution in [0.2, 0.25) is 0 Å². The van der Waals surface area contributed by atoms with E-state index < -0.39 is 0 Å². The molecule has 1 aliphatic heterocycles. The molecular formula is C12H23OP. The van der Waals surface area contributed by atoms with Crippen LogP contribution in [0.3, 0.4) is 0 Å². The van der Waals surface area contributed by atoms with Crippen LogP contribution in [0.4, 0.5) is 0 Å². The van der Waals surface area contributed by atoms with E-state index in [2.05, 4.69) is 41.3 Å². The van der Waals surface area contributed by atoms with E-state index in [1.54, 1.807) is 6.92 Å². The maximum absolute atomic E-state index is 11.6. The van der Waals surface area contributed by atoms with Crippen molar-refractivity contribution in [3.05, 3.63) is 0 Å². The number of hydrogen-bond acceptors (Lipinski definition) is 1. The summed E-state index contributed by atoms with van der Waals surface area (Å²) in [5.74, 6) is 1.04. The van der Waals surface area contributed by atoms with E-state index in [4.69, 9.17) is 0 Å². The second kappa shape index (κ2) is 3.30. The number of ketones is 1. The van der Waals surface area contributed by atoms with Crippen molar-refractivity contribution in [2.45, 2.75) is 52.4 Å². The van der Waals surface area contributed by atoms with Gasteiger partial charge in [0.2, 0.25) is 0 Å². The van der Waals surface area contributed by atoms with Crippen molar-refractivity contribution in [1.82, 2.24) is 0 Å². The zero-order chi connectivity index (χ0) is 11.3. The molecule has 1 aliphatic rings. The summed E-state index contributed by atoms with van der Waals surface area (Å²) >= 11 is 0. The highest BCUT2D eigenvalue weighted by Gasteiger charge is 2.66. The Morgan fingerprint density at radius 3 is 2.07 bits per heavy atom. The standard InChI is InChI=1S/C12H23OP/c1-8(2)12(6)10(14(12)7)11(4,5)9(3)13/h8,10H,1-7H3. The second-order valence-corrected chi connectivity index (χ2v) is 8.37. The largest absolute Gasteiger partial charge is 0.299 e. The van der Waals surface area contributed by atoms with Crippen molar-refractivity contribution in [3.8, 4) is 0 Å². The van der Waals surface area contributed by atoms with Crippen LogP contribution < -0.4 is 0 Å². The Kier molecular flexibility index (Phi) is 2.87. The molecular weight excluding hydrogens is 191 g/mol. The summed E-state index contributed by atoms with van der Waals surface area (Å²) in [4.78, 5) is 11.6. The first kappa shape index (κ1) is 12.2. The van der Waals surface area contributed by atoms with Gasteiger partial charge in [-0.15, -0.1) is 0 Å². The Bertz CT molecular complexity index is 257. The first-order valence-electron chi connectivity index (χ1n) is 5.40. The van der Waals surface area contributed by atoms with Crippen LogP contribution in [-0.4, -0.2) is 23.3 Å². The molecule has 1 fully saturated rings. The van der Waals surface area contributed by atoms with Crippen LogP contribution in [0.25, 0.3) is 0 Å². The first-order valence-corrected chi connectivity index (χ1v) is 7.26. The average molecular weight is 214 g/mol. The molecule has 14 heavy (non-hydrogen) atoms. The summed E-state index contributed by atoms with van der Waals surface area (Å²) < 4.78 is 0. The topological polar surface area (TPSA) is 17.1 Å². The number of Topliss-reactive ketones (excluding diaryl/α,β-unsaturated/α-hetero) is 1. The third kappa shape index (κ3) is 1.45. The predicted molar refractivity (Wildman–Crippen MR) is 64.3 cm³/mol. The molecule has 3 unspecified atom stereocenters. The van der Waals surface area contributed by atoms with Gasteiger partial charge in [0.05, 0.1) is 0 Å². The van der Waals surface area contributed by atoms with Crippen LogP contribution in [0.15, 0.2) is 0 Å². The smallest absolute Gasteiger partial charge is 0.136 e. The molecule has 0 spiro atoms. The lowest BCUT2D eigenvalue weighted by Crippen LogP contribution is -2.34. The van der Waals surface area contributed by atoms with E-state index >= 15 is 0 Å². The molecule has 1 nitrogen and oxygen atoms in total. The molecule has 1 heterocycles. The SMILES string of the molecule is CC(=O)C(C)(C)C1P(C)C1(C)C(C)C. The molecule has 3 atom stereocenters. The number of carbonyl (C=O) groups is 1. The summed E-state index contributed by atoms with van der Waals surface area (Å²) in [5, 5.41) is 0.435. The van der Waals surface area contributed by atoms with Gasteiger partial charge < -0.3 is 0 Å². The fourth-order valence-corrected chi connectivity index (χ4v) is 6.76. The fourth-order valence-electron chi connectivity index (χ4n) is 2.70. The van der Waals surface area contributed by atoms with E-state index in [1.807, 2.05) is 0 Å². The summed E-state index contributed by atoms with van der Waals surface area (Å²) in [5.41, 5.74) is 0.516. The van der Waals surface area contributed by atoms with Crippen molar-refractivity contribution in [2.24, 2.45) is 11.3 Å². The zero-order valence-electron chi connectivity index (χ0n) is 10.5. The lowest BCUT2D eigenvalue weighted by atomic mass is 9.77. The molecule has 0 radical (unpaired) electrons. The quantitative estimate of drug-likeness (QED) is 0.657. The van der Waals surface area contributed by atoms with Gasteiger partial charge in [-0.1, -0.05) is 42.5 Å². The van der Waals surface area contributed by atoms with Crippen LogP contribution in [-0.2, 0) is 4.79 Å². The maximum atomic E-state index is 11.6. The van der Waals surface area contributed by atoms with Gasteiger partial charge in [0.15, 0.2) is 0 Å².